The van der Waals surface area contributed by atoms with Crippen LogP contribution in [-0.2, 0) is 9.53 Å². The van der Waals surface area contributed by atoms with E-state index in [1.54, 1.807) is 25.1 Å². The first kappa shape index (κ1) is 14.8. The van der Waals surface area contributed by atoms with Crippen LogP contribution in [-0.4, -0.2) is 25.5 Å². The van der Waals surface area contributed by atoms with E-state index in [0.717, 1.165) is 17.4 Å². The van der Waals surface area contributed by atoms with E-state index in [4.69, 9.17) is 9.47 Å². The highest BCUT2D eigenvalue weighted by molar-refractivity contribution is 5.79. The molecule has 2 rings (SSSR count). The normalized spacial score (nSPS) is 9.95. The Labute approximate surface area is 123 Å². The van der Waals surface area contributed by atoms with Crippen LogP contribution >= 0.6 is 0 Å². The maximum atomic E-state index is 11.3. The fraction of sp³-hybridized carbons (Fsp3) is 0.176. The van der Waals surface area contributed by atoms with Crippen LogP contribution in [0.5, 0.6) is 5.75 Å². The first-order valence-electron chi connectivity index (χ1n) is 6.67. The summed E-state index contributed by atoms with van der Waals surface area (Å²) in [4.78, 5) is 22.1. The monoisotopic (exact) mass is 284 g/mol. The van der Waals surface area contributed by atoms with Crippen molar-refractivity contribution in [3.8, 4) is 16.9 Å². The molecule has 0 saturated heterocycles. The molecule has 0 bridgehead atoms. The number of aldehydes is 1. The highest BCUT2D eigenvalue weighted by Crippen LogP contribution is 2.24. The summed E-state index contributed by atoms with van der Waals surface area (Å²) in [6.45, 7) is 1.96. The van der Waals surface area contributed by atoms with Crippen LogP contribution in [0.3, 0.4) is 0 Å². The summed E-state index contributed by atoms with van der Waals surface area (Å²) in [6, 6.07) is 14.6. The first-order valence-corrected chi connectivity index (χ1v) is 6.67. The molecule has 0 heterocycles. The number of esters is 1. The highest BCUT2D eigenvalue weighted by atomic mass is 16.6. The molecule has 0 fully saturated rings. The van der Waals surface area contributed by atoms with Crippen LogP contribution in [0, 0.1) is 0 Å². The van der Waals surface area contributed by atoms with E-state index in [-0.39, 0.29) is 6.61 Å². The molecule has 2 aromatic carbocycles. The van der Waals surface area contributed by atoms with Gasteiger partial charge in [0, 0.05) is 5.56 Å². The van der Waals surface area contributed by atoms with E-state index in [2.05, 4.69) is 0 Å². The Bertz CT molecular complexity index is 634. The van der Waals surface area contributed by atoms with Crippen LogP contribution in [0.1, 0.15) is 17.3 Å². The lowest BCUT2D eigenvalue weighted by molar-refractivity contribution is -0.145. The zero-order chi connectivity index (χ0) is 15.1. The zero-order valence-corrected chi connectivity index (χ0v) is 11.7. The van der Waals surface area contributed by atoms with Gasteiger partial charge in [-0.15, -0.1) is 0 Å². The van der Waals surface area contributed by atoms with Gasteiger partial charge in [-0.1, -0.05) is 30.3 Å². The molecule has 21 heavy (non-hydrogen) atoms. The second kappa shape index (κ2) is 7.24. The van der Waals surface area contributed by atoms with Gasteiger partial charge < -0.3 is 9.47 Å². The summed E-state index contributed by atoms with van der Waals surface area (Å²) in [5.74, 6) is 0.183. The standard InChI is InChI=1S/C17H16O4/c1-2-20-17(19)12-21-16-8-4-7-15(10-16)14-6-3-5-13(9-14)11-18/h3-11H,2,12H2,1H3. The maximum absolute atomic E-state index is 11.3. The Hall–Kier alpha value is -2.62. The van der Waals surface area contributed by atoms with E-state index >= 15 is 0 Å². The Morgan fingerprint density at radius 2 is 1.81 bits per heavy atom. The number of rotatable bonds is 6. The molecule has 0 aliphatic rings. The SMILES string of the molecule is CCOC(=O)COc1cccc(-c2cccc(C=O)c2)c1. The third kappa shape index (κ3) is 4.18. The van der Waals surface area contributed by atoms with Crippen molar-refractivity contribution < 1.29 is 19.1 Å². The molecule has 0 aromatic heterocycles. The first-order chi connectivity index (χ1) is 10.2. The number of carbonyl (C=O) groups excluding carboxylic acids is 2. The summed E-state index contributed by atoms with van der Waals surface area (Å²) < 4.78 is 10.2. The Morgan fingerprint density at radius 3 is 2.52 bits per heavy atom. The largest absolute Gasteiger partial charge is 0.482 e. The van der Waals surface area contributed by atoms with Crippen molar-refractivity contribution in [3.05, 3.63) is 54.1 Å². The van der Waals surface area contributed by atoms with Gasteiger partial charge in [0.15, 0.2) is 6.61 Å². The Kier molecular flexibility index (Phi) is 5.10. The summed E-state index contributed by atoms with van der Waals surface area (Å²) in [5, 5.41) is 0. The van der Waals surface area contributed by atoms with Crippen LogP contribution in [0.15, 0.2) is 48.5 Å². The van der Waals surface area contributed by atoms with E-state index < -0.39 is 5.97 Å². The quantitative estimate of drug-likeness (QED) is 0.604. The molecule has 4 heteroatoms. The van der Waals surface area contributed by atoms with E-state index in [1.807, 2.05) is 30.3 Å². The average molecular weight is 284 g/mol. The molecule has 4 nitrogen and oxygen atoms in total. The molecule has 0 aliphatic heterocycles. The number of ether oxygens (including phenoxy) is 2. The molecule has 0 amide bonds. The zero-order valence-electron chi connectivity index (χ0n) is 11.7. The van der Waals surface area contributed by atoms with E-state index in [0.29, 0.717) is 17.9 Å². The number of hydrogen-bond acceptors (Lipinski definition) is 4. The Morgan fingerprint density at radius 1 is 1.10 bits per heavy atom. The lowest BCUT2D eigenvalue weighted by Gasteiger charge is -2.08. The van der Waals surface area contributed by atoms with Crippen molar-refractivity contribution in [2.45, 2.75) is 6.92 Å². The van der Waals surface area contributed by atoms with Crippen molar-refractivity contribution in [1.29, 1.82) is 0 Å². The van der Waals surface area contributed by atoms with E-state index in [9.17, 15) is 9.59 Å². The predicted molar refractivity (Wildman–Crippen MR) is 79.4 cm³/mol. The number of benzene rings is 2. The van der Waals surface area contributed by atoms with Crippen molar-refractivity contribution in [1.82, 2.24) is 0 Å². The van der Waals surface area contributed by atoms with Gasteiger partial charge in [0.2, 0.25) is 0 Å². The van der Waals surface area contributed by atoms with Gasteiger partial charge in [-0.3, -0.25) is 4.79 Å². The summed E-state index contributed by atoms with van der Waals surface area (Å²) in [6.07, 6.45) is 0.810. The molecule has 0 spiro atoms. The smallest absolute Gasteiger partial charge is 0.344 e. The lowest BCUT2D eigenvalue weighted by Crippen LogP contribution is -2.14. The van der Waals surface area contributed by atoms with Gasteiger partial charge >= 0.3 is 5.97 Å². The molecule has 0 radical (unpaired) electrons. The fourth-order valence-corrected chi connectivity index (χ4v) is 1.90. The van der Waals surface area contributed by atoms with Gasteiger partial charge in [0.1, 0.15) is 12.0 Å². The van der Waals surface area contributed by atoms with Crippen molar-refractivity contribution >= 4 is 12.3 Å². The third-order valence-corrected chi connectivity index (χ3v) is 2.85. The molecule has 0 unspecified atom stereocenters. The van der Waals surface area contributed by atoms with Gasteiger partial charge in [-0.2, -0.15) is 0 Å². The van der Waals surface area contributed by atoms with Crippen molar-refractivity contribution in [3.63, 3.8) is 0 Å². The molecule has 0 N–H and O–H groups in total. The molecular formula is C17H16O4. The fourth-order valence-electron chi connectivity index (χ4n) is 1.90. The van der Waals surface area contributed by atoms with Crippen LogP contribution < -0.4 is 4.74 Å². The molecule has 108 valence electrons. The van der Waals surface area contributed by atoms with Crippen molar-refractivity contribution in [2.24, 2.45) is 0 Å². The van der Waals surface area contributed by atoms with Crippen molar-refractivity contribution in [2.75, 3.05) is 13.2 Å². The number of hydrogen-bond donors (Lipinski definition) is 0. The lowest BCUT2D eigenvalue weighted by atomic mass is 10.0. The minimum absolute atomic E-state index is 0.119. The minimum atomic E-state index is -0.397. The molecule has 2 aromatic rings. The third-order valence-electron chi connectivity index (χ3n) is 2.85. The minimum Gasteiger partial charge on any atom is -0.482 e. The number of carbonyl (C=O) groups is 2. The predicted octanol–water partition coefficient (Wildman–Crippen LogP) is 3.11. The molecule has 0 aliphatic carbocycles. The van der Waals surface area contributed by atoms with Gasteiger partial charge in [0.25, 0.3) is 0 Å². The van der Waals surface area contributed by atoms with Crippen LogP contribution in [0.2, 0.25) is 0 Å². The van der Waals surface area contributed by atoms with Crippen LogP contribution in [0.4, 0.5) is 0 Å². The Balaban J connectivity index is 2.13. The van der Waals surface area contributed by atoms with Gasteiger partial charge in [0.05, 0.1) is 6.61 Å². The second-order valence-electron chi connectivity index (χ2n) is 4.36. The average Bonchev–Trinajstić information content (AvgIpc) is 2.53. The second-order valence-corrected chi connectivity index (χ2v) is 4.36. The summed E-state index contributed by atoms with van der Waals surface area (Å²) in [5.41, 5.74) is 2.45. The molecule has 0 atom stereocenters. The van der Waals surface area contributed by atoms with Gasteiger partial charge in [-0.05, 0) is 36.2 Å². The van der Waals surface area contributed by atoms with Crippen LogP contribution in [0.25, 0.3) is 11.1 Å². The molecular weight excluding hydrogens is 268 g/mol. The van der Waals surface area contributed by atoms with Gasteiger partial charge in [-0.25, -0.2) is 4.79 Å². The van der Waals surface area contributed by atoms with E-state index in [1.165, 1.54) is 0 Å². The summed E-state index contributed by atoms with van der Waals surface area (Å²) in [7, 11) is 0. The summed E-state index contributed by atoms with van der Waals surface area (Å²) >= 11 is 0. The maximum Gasteiger partial charge on any atom is 0.344 e. The molecule has 0 saturated carbocycles. The topological polar surface area (TPSA) is 52.6 Å². The highest BCUT2D eigenvalue weighted by Gasteiger charge is 2.05.